The summed E-state index contributed by atoms with van der Waals surface area (Å²) >= 11 is 0. The van der Waals surface area contributed by atoms with Crippen LogP contribution < -0.4 is 10.5 Å². The molecular formula is C13H17N3O3. The Morgan fingerprint density at radius 1 is 1.42 bits per heavy atom. The Morgan fingerprint density at radius 3 is 3.00 bits per heavy atom. The van der Waals surface area contributed by atoms with Crippen LogP contribution in [0.3, 0.4) is 0 Å². The molecule has 2 rings (SSSR count). The van der Waals surface area contributed by atoms with Crippen molar-refractivity contribution < 1.29 is 14.0 Å². The standard InChI is InChI=1S/C13H17N3O3/c1-3-17-9(2)13-15-12(19-16-13)8-18-11-6-4-5-10(14)7-11/h4-7,9H,3,8,14H2,1-2H3. The lowest BCUT2D eigenvalue weighted by Crippen LogP contribution is -2.02. The van der Waals surface area contributed by atoms with Crippen LogP contribution in [0.15, 0.2) is 28.8 Å². The lowest BCUT2D eigenvalue weighted by atomic mass is 10.3. The van der Waals surface area contributed by atoms with Gasteiger partial charge in [0, 0.05) is 18.4 Å². The molecule has 0 spiro atoms. The molecule has 0 aliphatic carbocycles. The first-order chi connectivity index (χ1) is 9.19. The second-order valence-corrected chi connectivity index (χ2v) is 4.01. The highest BCUT2D eigenvalue weighted by atomic mass is 16.5. The summed E-state index contributed by atoms with van der Waals surface area (Å²) in [6, 6.07) is 7.17. The summed E-state index contributed by atoms with van der Waals surface area (Å²) in [5, 5.41) is 3.85. The first-order valence-corrected chi connectivity index (χ1v) is 6.11. The van der Waals surface area contributed by atoms with Gasteiger partial charge in [0.05, 0.1) is 0 Å². The minimum absolute atomic E-state index is 0.185. The molecule has 1 aromatic heterocycles. The van der Waals surface area contributed by atoms with Gasteiger partial charge in [0.15, 0.2) is 12.4 Å². The molecule has 0 fully saturated rings. The van der Waals surface area contributed by atoms with Gasteiger partial charge in [-0.2, -0.15) is 4.98 Å². The molecule has 0 aliphatic rings. The molecule has 6 heteroatoms. The zero-order chi connectivity index (χ0) is 13.7. The molecule has 1 heterocycles. The van der Waals surface area contributed by atoms with Crippen molar-refractivity contribution in [2.75, 3.05) is 12.3 Å². The zero-order valence-corrected chi connectivity index (χ0v) is 11.0. The number of aromatic nitrogens is 2. The fourth-order valence-electron chi connectivity index (χ4n) is 1.57. The van der Waals surface area contributed by atoms with Crippen LogP contribution in [-0.4, -0.2) is 16.7 Å². The van der Waals surface area contributed by atoms with Crippen LogP contribution in [0.5, 0.6) is 5.75 Å². The second kappa shape index (κ2) is 6.19. The van der Waals surface area contributed by atoms with Crippen LogP contribution in [0.2, 0.25) is 0 Å². The van der Waals surface area contributed by atoms with Crippen molar-refractivity contribution in [3.63, 3.8) is 0 Å². The van der Waals surface area contributed by atoms with Gasteiger partial charge in [-0.25, -0.2) is 0 Å². The predicted molar refractivity (Wildman–Crippen MR) is 69.5 cm³/mol. The van der Waals surface area contributed by atoms with Gasteiger partial charge >= 0.3 is 0 Å². The predicted octanol–water partition coefficient (Wildman–Crippen LogP) is 2.33. The molecule has 2 N–H and O–H groups in total. The molecule has 0 radical (unpaired) electrons. The molecule has 0 saturated carbocycles. The number of hydrogen-bond acceptors (Lipinski definition) is 6. The molecule has 1 aromatic carbocycles. The minimum atomic E-state index is -0.185. The van der Waals surface area contributed by atoms with E-state index in [2.05, 4.69) is 10.1 Å². The van der Waals surface area contributed by atoms with E-state index in [4.69, 9.17) is 19.7 Å². The molecule has 0 aliphatic heterocycles. The Balaban J connectivity index is 1.93. The summed E-state index contributed by atoms with van der Waals surface area (Å²) < 4.78 is 16.0. The van der Waals surface area contributed by atoms with Crippen molar-refractivity contribution in [3.8, 4) is 5.75 Å². The molecule has 0 saturated heterocycles. The van der Waals surface area contributed by atoms with Gasteiger partial charge < -0.3 is 19.7 Å². The first-order valence-electron chi connectivity index (χ1n) is 6.11. The third kappa shape index (κ3) is 3.69. The molecule has 6 nitrogen and oxygen atoms in total. The Labute approximate surface area is 111 Å². The lowest BCUT2D eigenvalue weighted by Gasteiger charge is -2.05. The number of nitrogen functional groups attached to an aromatic ring is 1. The van der Waals surface area contributed by atoms with E-state index in [1.165, 1.54) is 0 Å². The van der Waals surface area contributed by atoms with Crippen molar-refractivity contribution in [1.82, 2.24) is 10.1 Å². The van der Waals surface area contributed by atoms with Crippen molar-refractivity contribution >= 4 is 5.69 Å². The van der Waals surface area contributed by atoms with Crippen LogP contribution >= 0.6 is 0 Å². The van der Waals surface area contributed by atoms with Crippen LogP contribution in [0.1, 0.15) is 31.7 Å². The van der Waals surface area contributed by atoms with E-state index in [0.717, 1.165) is 0 Å². The first kappa shape index (κ1) is 13.4. The monoisotopic (exact) mass is 263 g/mol. The maximum Gasteiger partial charge on any atom is 0.264 e. The Hall–Kier alpha value is -2.08. The number of benzene rings is 1. The van der Waals surface area contributed by atoms with Gasteiger partial charge in [-0.3, -0.25) is 0 Å². The molecule has 0 bridgehead atoms. The Bertz CT molecular complexity index is 527. The summed E-state index contributed by atoms with van der Waals surface area (Å²) in [7, 11) is 0. The highest BCUT2D eigenvalue weighted by molar-refractivity contribution is 5.43. The number of ether oxygens (including phenoxy) is 2. The molecule has 2 aromatic rings. The van der Waals surface area contributed by atoms with E-state index in [9.17, 15) is 0 Å². The van der Waals surface area contributed by atoms with Crippen LogP contribution in [0.4, 0.5) is 5.69 Å². The number of nitrogens with two attached hydrogens (primary N) is 1. The van der Waals surface area contributed by atoms with Gasteiger partial charge in [0.1, 0.15) is 11.9 Å². The van der Waals surface area contributed by atoms with Gasteiger partial charge in [0.2, 0.25) is 0 Å². The molecule has 0 amide bonds. The highest BCUT2D eigenvalue weighted by Crippen LogP contribution is 2.17. The quantitative estimate of drug-likeness (QED) is 0.805. The van der Waals surface area contributed by atoms with Gasteiger partial charge in [0.25, 0.3) is 5.89 Å². The fourth-order valence-corrected chi connectivity index (χ4v) is 1.57. The number of nitrogens with zero attached hydrogens (tertiary/aromatic N) is 2. The zero-order valence-electron chi connectivity index (χ0n) is 11.0. The van der Waals surface area contributed by atoms with E-state index in [0.29, 0.717) is 29.8 Å². The average molecular weight is 263 g/mol. The second-order valence-electron chi connectivity index (χ2n) is 4.01. The van der Waals surface area contributed by atoms with Gasteiger partial charge in [-0.15, -0.1) is 0 Å². The van der Waals surface area contributed by atoms with Crippen LogP contribution in [0, 0.1) is 0 Å². The van der Waals surface area contributed by atoms with Crippen LogP contribution in [0.25, 0.3) is 0 Å². The van der Waals surface area contributed by atoms with E-state index in [1.54, 1.807) is 12.1 Å². The largest absolute Gasteiger partial charge is 0.484 e. The summed E-state index contributed by atoms with van der Waals surface area (Å²) in [5.41, 5.74) is 6.30. The third-order valence-electron chi connectivity index (χ3n) is 2.48. The number of hydrogen-bond donors (Lipinski definition) is 1. The maximum absolute atomic E-state index is 5.66. The van der Waals surface area contributed by atoms with Crippen molar-refractivity contribution in [3.05, 3.63) is 36.0 Å². The Kier molecular flexibility index (Phi) is 4.35. The van der Waals surface area contributed by atoms with E-state index >= 15 is 0 Å². The highest BCUT2D eigenvalue weighted by Gasteiger charge is 2.13. The lowest BCUT2D eigenvalue weighted by molar-refractivity contribution is 0.0683. The van der Waals surface area contributed by atoms with Crippen molar-refractivity contribution in [1.29, 1.82) is 0 Å². The van der Waals surface area contributed by atoms with E-state index in [-0.39, 0.29) is 12.7 Å². The van der Waals surface area contributed by atoms with Gasteiger partial charge in [-0.1, -0.05) is 11.2 Å². The maximum atomic E-state index is 5.66. The van der Waals surface area contributed by atoms with Crippen LogP contribution in [-0.2, 0) is 11.3 Å². The van der Waals surface area contributed by atoms with Crippen molar-refractivity contribution in [2.45, 2.75) is 26.6 Å². The van der Waals surface area contributed by atoms with Gasteiger partial charge in [-0.05, 0) is 26.0 Å². The summed E-state index contributed by atoms with van der Waals surface area (Å²) in [4.78, 5) is 4.21. The minimum Gasteiger partial charge on any atom is -0.484 e. The molecule has 1 unspecified atom stereocenters. The third-order valence-corrected chi connectivity index (χ3v) is 2.48. The number of rotatable bonds is 6. The summed E-state index contributed by atoms with van der Waals surface area (Å²) in [5.74, 6) is 1.59. The Morgan fingerprint density at radius 2 is 2.26 bits per heavy atom. The number of anilines is 1. The summed E-state index contributed by atoms with van der Waals surface area (Å²) in [6.07, 6.45) is -0.185. The topological polar surface area (TPSA) is 83.4 Å². The summed E-state index contributed by atoms with van der Waals surface area (Å²) in [6.45, 7) is 4.59. The molecular weight excluding hydrogens is 246 g/mol. The smallest absolute Gasteiger partial charge is 0.264 e. The average Bonchev–Trinajstić information content (AvgIpc) is 2.86. The fraction of sp³-hybridized carbons (Fsp3) is 0.385. The molecule has 102 valence electrons. The molecule has 19 heavy (non-hydrogen) atoms. The van der Waals surface area contributed by atoms with E-state index in [1.807, 2.05) is 26.0 Å². The van der Waals surface area contributed by atoms with Crippen molar-refractivity contribution in [2.24, 2.45) is 0 Å². The normalized spacial score (nSPS) is 12.3. The SMILES string of the molecule is CCOC(C)c1noc(COc2cccc(N)c2)n1. The molecule has 1 atom stereocenters. The van der Waals surface area contributed by atoms with E-state index < -0.39 is 0 Å².